The number of benzene rings is 2. The van der Waals surface area contributed by atoms with E-state index in [0.717, 1.165) is 0 Å². The molecule has 0 aromatic heterocycles. The van der Waals surface area contributed by atoms with Crippen LogP contribution in [0.4, 0.5) is 8.78 Å². The van der Waals surface area contributed by atoms with E-state index in [4.69, 9.17) is 13.8 Å². The topological polar surface area (TPSA) is 44.8 Å². The smallest absolute Gasteiger partial charge is 0.353 e. The van der Waals surface area contributed by atoms with Crippen molar-refractivity contribution in [3.8, 4) is 0 Å². The van der Waals surface area contributed by atoms with Gasteiger partial charge in [0.05, 0.1) is 6.61 Å². The average molecular weight is 384 g/mol. The fraction of sp³-hybridized carbons (Fsp3) is 0.368. The van der Waals surface area contributed by atoms with Gasteiger partial charge in [-0.15, -0.1) is 0 Å². The van der Waals surface area contributed by atoms with E-state index >= 15 is 0 Å². The number of hydrogen-bond acceptors (Lipinski definition) is 4. The molecule has 0 spiro atoms. The molecule has 2 aromatic rings. The summed E-state index contributed by atoms with van der Waals surface area (Å²) < 4.78 is 58.4. The zero-order valence-corrected chi connectivity index (χ0v) is 16.1. The van der Waals surface area contributed by atoms with Crippen molar-refractivity contribution in [2.24, 2.45) is 5.92 Å². The van der Waals surface area contributed by atoms with Crippen LogP contribution in [0.3, 0.4) is 0 Å². The molecular weight excluding hydrogens is 361 g/mol. The van der Waals surface area contributed by atoms with Crippen LogP contribution in [0.2, 0.25) is 0 Å². The Morgan fingerprint density at radius 1 is 1.00 bits per heavy atom. The van der Waals surface area contributed by atoms with Crippen LogP contribution in [0, 0.1) is 17.6 Å². The molecule has 2 rings (SSSR count). The summed E-state index contributed by atoms with van der Waals surface area (Å²) in [5.41, 5.74) is 0.274. The van der Waals surface area contributed by atoms with Crippen molar-refractivity contribution >= 4 is 7.60 Å². The molecular formula is C19H23F2O4P. The maximum atomic E-state index is 14.8. The summed E-state index contributed by atoms with van der Waals surface area (Å²) in [7, 11) is -1.63. The van der Waals surface area contributed by atoms with E-state index in [1.165, 1.54) is 56.7 Å². The van der Waals surface area contributed by atoms with Crippen LogP contribution in [0.5, 0.6) is 0 Å². The zero-order chi connectivity index (χ0) is 19.4. The lowest BCUT2D eigenvalue weighted by Crippen LogP contribution is -2.35. The molecule has 0 radical (unpaired) electrons. The first-order valence-corrected chi connectivity index (χ1v) is 9.71. The zero-order valence-electron chi connectivity index (χ0n) is 15.2. The van der Waals surface area contributed by atoms with Gasteiger partial charge in [-0.3, -0.25) is 4.57 Å². The quantitative estimate of drug-likeness (QED) is 0.578. The van der Waals surface area contributed by atoms with Gasteiger partial charge in [0, 0.05) is 25.3 Å². The van der Waals surface area contributed by atoms with E-state index < -0.39 is 24.6 Å². The Morgan fingerprint density at radius 2 is 1.58 bits per heavy atom. The van der Waals surface area contributed by atoms with Crippen molar-refractivity contribution in [2.45, 2.75) is 19.2 Å². The molecule has 0 N–H and O–H groups in total. The summed E-state index contributed by atoms with van der Waals surface area (Å²) in [6.07, 6.45) is 0. The summed E-state index contributed by atoms with van der Waals surface area (Å²) in [5, 5.41) is -1.88. The van der Waals surface area contributed by atoms with E-state index in [9.17, 15) is 13.3 Å². The van der Waals surface area contributed by atoms with E-state index in [1.807, 2.05) is 13.8 Å². The Labute approximate surface area is 152 Å². The monoisotopic (exact) mass is 384 g/mol. The van der Waals surface area contributed by atoms with Gasteiger partial charge in [0.2, 0.25) is 5.34 Å². The maximum Gasteiger partial charge on any atom is 0.371 e. The Kier molecular flexibility index (Phi) is 6.69. The molecule has 1 atom stereocenters. The Balaban J connectivity index is 2.85. The van der Waals surface area contributed by atoms with Crippen molar-refractivity contribution in [2.75, 3.05) is 20.8 Å². The van der Waals surface area contributed by atoms with E-state index in [1.54, 1.807) is 6.07 Å². The number of rotatable bonds is 8. The molecule has 142 valence electrons. The highest BCUT2D eigenvalue weighted by Crippen LogP contribution is 2.67. The second kappa shape index (κ2) is 8.40. The van der Waals surface area contributed by atoms with Gasteiger partial charge in [-0.25, -0.2) is 8.78 Å². The third kappa shape index (κ3) is 3.74. The Hall–Kier alpha value is -1.59. The highest BCUT2D eigenvalue weighted by molar-refractivity contribution is 7.55. The lowest BCUT2D eigenvalue weighted by Gasteiger charge is -2.39. The molecule has 0 aliphatic heterocycles. The van der Waals surface area contributed by atoms with Gasteiger partial charge in [-0.05, 0) is 24.1 Å². The van der Waals surface area contributed by atoms with Gasteiger partial charge >= 0.3 is 7.60 Å². The standard InChI is InChI=1S/C19H23F2O4P/c1-14(2)13-25-19(26(22,23-3)24-4,15-9-11-16(20)12-10-15)17-7-5-6-8-18(17)21/h5-12,14H,13H2,1-4H3. The molecule has 0 saturated carbocycles. The van der Waals surface area contributed by atoms with Gasteiger partial charge in [0.1, 0.15) is 11.6 Å². The number of halogens is 2. The molecule has 0 saturated heterocycles. The fourth-order valence-corrected chi connectivity index (χ4v) is 4.57. The van der Waals surface area contributed by atoms with Crippen LogP contribution in [0.1, 0.15) is 25.0 Å². The maximum absolute atomic E-state index is 14.8. The molecule has 7 heteroatoms. The summed E-state index contributed by atoms with van der Waals surface area (Å²) in [6, 6.07) is 11.0. The minimum absolute atomic E-state index is 0.000656. The first kappa shape index (κ1) is 20.7. The molecule has 0 aliphatic rings. The second-order valence-corrected chi connectivity index (χ2v) is 8.55. The van der Waals surface area contributed by atoms with Crippen molar-refractivity contribution in [3.05, 3.63) is 71.3 Å². The molecule has 0 bridgehead atoms. The van der Waals surface area contributed by atoms with Gasteiger partial charge in [0.15, 0.2) is 0 Å². The first-order chi connectivity index (χ1) is 12.3. The molecule has 26 heavy (non-hydrogen) atoms. The molecule has 0 heterocycles. The van der Waals surface area contributed by atoms with Crippen molar-refractivity contribution < 1.29 is 27.1 Å². The predicted molar refractivity (Wildman–Crippen MR) is 96.0 cm³/mol. The van der Waals surface area contributed by atoms with Gasteiger partial charge in [-0.2, -0.15) is 0 Å². The van der Waals surface area contributed by atoms with Crippen LogP contribution in [-0.4, -0.2) is 20.8 Å². The predicted octanol–water partition coefficient (Wildman–Crippen LogP) is 5.32. The number of hydrogen-bond donors (Lipinski definition) is 0. The molecule has 0 fully saturated rings. The summed E-state index contributed by atoms with van der Waals surface area (Å²) in [4.78, 5) is 0. The molecule has 0 amide bonds. The number of ether oxygens (including phenoxy) is 1. The van der Waals surface area contributed by atoms with Crippen molar-refractivity contribution in [3.63, 3.8) is 0 Å². The van der Waals surface area contributed by atoms with Crippen molar-refractivity contribution in [1.29, 1.82) is 0 Å². The Bertz CT molecular complexity index is 771. The average Bonchev–Trinajstić information content (AvgIpc) is 2.64. The van der Waals surface area contributed by atoms with Crippen LogP contribution in [0.25, 0.3) is 0 Å². The highest BCUT2D eigenvalue weighted by atomic mass is 31.2. The van der Waals surface area contributed by atoms with E-state index in [0.29, 0.717) is 0 Å². The normalized spacial score (nSPS) is 14.4. The molecule has 1 unspecified atom stereocenters. The SMILES string of the molecule is COP(=O)(OC)C(OCC(C)C)(c1ccc(F)cc1)c1ccccc1F. The van der Waals surface area contributed by atoms with E-state index in [2.05, 4.69) is 0 Å². The minimum Gasteiger partial charge on any atom is -0.353 e. The fourth-order valence-electron chi connectivity index (χ4n) is 2.73. The summed E-state index contributed by atoms with van der Waals surface area (Å²) in [5.74, 6) is -1.05. The van der Waals surface area contributed by atoms with Gasteiger partial charge in [-0.1, -0.05) is 44.2 Å². The third-order valence-electron chi connectivity index (χ3n) is 3.97. The molecule has 0 aliphatic carbocycles. The lowest BCUT2D eigenvalue weighted by atomic mass is 9.99. The lowest BCUT2D eigenvalue weighted by molar-refractivity contribution is 0.00188. The van der Waals surface area contributed by atoms with Crippen LogP contribution in [0.15, 0.2) is 48.5 Å². The van der Waals surface area contributed by atoms with Crippen molar-refractivity contribution in [1.82, 2.24) is 0 Å². The van der Waals surface area contributed by atoms with Gasteiger partial charge in [0.25, 0.3) is 0 Å². The third-order valence-corrected chi connectivity index (χ3v) is 6.33. The minimum atomic E-state index is -4.05. The van der Waals surface area contributed by atoms with E-state index in [-0.39, 0.29) is 23.7 Å². The summed E-state index contributed by atoms with van der Waals surface area (Å²) in [6.45, 7) is 3.96. The summed E-state index contributed by atoms with van der Waals surface area (Å²) >= 11 is 0. The molecule has 2 aromatic carbocycles. The Morgan fingerprint density at radius 3 is 2.08 bits per heavy atom. The second-order valence-electron chi connectivity index (χ2n) is 6.20. The van der Waals surface area contributed by atoms with Crippen LogP contribution in [-0.2, 0) is 23.7 Å². The van der Waals surface area contributed by atoms with Gasteiger partial charge < -0.3 is 13.8 Å². The highest BCUT2D eigenvalue weighted by Gasteiger charge is 2.56. The molecule has 4 nitrogen and oxygen atoms in total. The van der Waals surface area contributed by atoms with Crippen LogP contribution < -0.4 is 0 Å². The van der Waals surface area contributed by atoms with Crippen LogP contribution >= 0.6 is 7.60 Å². The largest absolute Gasteiger partial charge is 0.371 e. The first-order valence-electron chi connectivity index (χ1n) is 8.17.